The molecule has 94 valence electrons. The number of halogens is 3. The van der Waals surface area contributed by atoms with Gasteiger partial charge in [0.15, 0.2) is 0 Å². The van der Waals surface area contributed by atoms with Crippen LogP contribution in [0, 0.1) is 5.92 Å². The molecule has 2 nitrogen and oxygen atoms in total. The highest BCUT2D eigenvalue weighted by molar-refractivity contribution is 5.33. The second kappa shape index (κ2) is 4.47. The van der Waals surface area contributed by atoms with Crippen LogP contribution >= 0.6 is 0 Å². The van der Waals surface area contributed by atoms with Gasteiger partial charge in [0.25, 0.3) is 0 Å². The monoisotopic (exact) mass is 246 g/mol. The van der Waals surface area contributed by atoms with Gasteiger partial charge in [0, 0.05) is 6.07 Å². The highest BCUT2D eigenvalue weighted by Crippen LogP contribution is 2.32. The van der Waals surface area contributed by atoms with Gasteiger partial charge in [-0.3, -0.25) is 0 Å². The second-order valence-corrected chi connectivity index (χ2v) is 4.34. The Kier molecular flexibility index (Phi) is 3.17. The van der Waals surface area contributed by atoms with Gasteiger partial charge in [-0.15, -0.1) is 13.2 Å². The fraction of sp³-hybridized carbons (Fsp3) is 0.500. The summed E-state index contributed by atoms with van der Waals surface area (Å²) in [6, 6.07) is 5.63. The van der Waals surface area contributed by atoms with Crippen molar-refractivity contribution in [2.75, 3.05) is 0 Å². The Morgan fingerprint density at radius 2 is 1.82 bits per heavy atom. The molecule has 0 atom stereocenters. The Morgan fingerprint density at radius 3 is 2.41 bits per heavy atom. The fourth-order valence-corrected chi connectivity index (χ4v) is 1.86. The SMILES string of the molecule is CC1CC(Oc2cccc(OC(F)(F)F)c2)C1. The molecule has 17 heavy (non-hydrogen) atoms. The van der Waals surface area contributed by atoms with Crippen molar-refractivity contribution in [2.45, 2.75) is 32.2 Å². The van der Waals surface area contributed by atoms with Gasteiger partial charge >= 0.3 is 6.36 Å². The van der Waals surface area contributed by atoms with Gasteiger partial charge in [-0.1, -0.05) is 13.0 Å². The molecule has 0 aromatic heterocycles. The van der Waals surface area contributed by atoms with Crippen LogP contribution in [-0.2, 0) is 0 Å². The molecule has 0 radical (unpaired) electrons. The van der Waals surface area contributed by atoms with Crippen LogP contribution in [0.1, 0.15) is 19.8 Å². The number of ether oxygens (including phenoxy) is 2. The topological polar surface area (TPSA) is 18.5 Å². The lowest BCUT2D eigenvalue weighted by Gasteiger charge is -2.32. The van der Waals surface area contributed by atoms with E-state index >= 15 is 0 Å². The number of hydrogen-bond donors (Lipinski definition) is 0. The van der Waals surface area contributed by atoms with Crippen LogP contribution in [0.25, 0.3) is 0 Å². The van der Waals surface area contributed by atoms with Gasteiger partial charge in [0.1, 0.15) is 11.5 Å². The lowest BCUT2D eigenvalue weighted by molar-refractivity contribution is -0.274. The Hall–Kier alpha value is -1.39. The van der Waals surface area contributed by atoms with Gasteiger partial charge in [0.2, 0.25) is 0 Å². The van der Waals surface area contributed by atoms with Crippen molar-refractivity contribution in [3.05, 3.63) is 24.3 Å². The summed E-state index contributed by atoms with van der Waals surface area (Å²) in [5.74, 6) is 0.806. The van der Waals surface area contributed by atoms with Gasteiger partial charge in [-0.25, -0.2) is 0 Å². The molecule has 0 spiro atoms. The Balaban J connectivity index is 1.96. The zero-order valence-corrected chi connectivity index (χ0v) is 9.33. The van der Waals surface area contributed by atoms with Gasteiger partial charge in [-0.05, 0) is 30.9 Å². The zero-order chi connectivity index (χ0) is 12.5. The van der Waals surface area contributed by atoms with Crippen molar-refractivity contribution in [1.82, 2.24) is 0 Å². The summed E-state index contributed by atoms with van der Waals surface area (Å²) in [6.07, 6.45) is -2.65. The van der Waals surface area contributed by atoms with Crippen LogP contribution in [0.4, 0.5) is 13.2 Å². The third kappa shape index (κ3) is 3.54. The molecule has 2 rings (SSSR count). The summed E-state index contributed by atoms with van der Waals surface area (Å²) >= 11 is 0. The molecule has 1 fully saturated rings. The van der Waals surface area contributed by atoms with E-state index < -0.39 is 6.36 Å². The van der Waals surface area contributed by atoms with E-state index in [2.05, 4.69) is 11.7 Å². The molecule has 0 unspecified atom stereocenters. The zero-order valence-electron chi connectivity index (χ0n) is 9.33. The van der Waals surface area contributed by atoms with E-state index in [1.807, 2.05) is 0 Å². The molecule has 0 aliphatic heterocycles. The standard InChI is InChI=1S/C12H13F3O2/c1-8-5-11(6-8)16-9-3-2-4-10(7-9)17-12(13,14)15/h2-4,7-8,11H,5-6H2,1H3. The quantitative estimate of drug-likeness (QED) is 0.808. The molecule has 0 saturated heterocycles. The predicted octanol–water partition coefficient (Wildman–Crippen LogP) is 3.76. The highest BCUT2D eigenvalue weighted by atomic mass is 19.4. The van der Waals surface area contributed by atoms with E-state index in [1.54, 1.807) is 6.07 Å². The molecule has 0 bridgehead atoms. The third-order valence-electron chi connectivity index (χ3n) is 2.67. The van der Waals surface area contributed by atoms with Crippen LogP contribution < -0.4 is 9.47 Å². The van der Waals surface area contributed by atoms with Crippen LogP contribution in [-0.4, -0.2) is 12.5 Å². The second-order valence-electron chi connectivity index (χ2n) is 4.34. The molecular formula is C12H13F3O2. The van der Waals surface area contributed by atoms with E-state index in [4.69, 9.17) is 4.74 Å². The summed E-state index contributed by atoms with van der Waals surface area (Å²) in [4.78, 5) is 0. The van der Waals surface area contributed by atoms with Crippen molar-refractivity contribution in [2.24, 2.45) is 5.92 Å². The first kappa shape index (κ1) is 12.1. The molecule has 0 amide bonds. The molecule has 1 saturated carbocycles. The minimum Gasteiger partial charge on any atom is -0.490 e. The van der Waals surface area contributed by atoms with Crippen molar-refractivity contribution in [3.8, 4) is 11.5 Å². The van der Waals surface area contributed by atoms with Crippen LogP contribution in [0.5, 0.6) is 11.5 Å². The average molecular weight is 246 g/mol. The Morgan fingerprint density at radius 1 is 1.18 bits per heavy atom. The van der Waals surface area contributed by atoms with Crippen LogP contribution in [0.3, 0.4) is 0 Å². The summed E-state index contributed by atoms with van der Waals surface area (Å²) in [5, 5.41) is 0. The van der Waals surface area contributed by atoms with Crippen molar-refractivity contribution < 1.29 is 22.6 Å². The normalized spacial score (nSPS) is 24.0. The number of benzene rings is 1. The highest BCUT2D eigenvalue weighted by Gasteiger charge is 2.31. The van der Waals surface area contributed by atoms with Gasteiger partial charge in [-0.2, -0.15) is 0 Å². The van der Waals surface area contributed by atoms with E-state index in [9.17, 15) is 13.2 Å². The molecule has 1 aliphatic carbocycles. The Labute approximate surface area is 97.3 Å². The van der Waals surface area contributed by atoms with Crippen molar-refractivity contribution in [1.29, 1.82) is 0 Å². The van der Waals surface area contributed by atoms with Crippen molar-refractivity contribution >= 4 is 0 Å². The maximum absolute atomic E-state index is 12.0. The molecule has 1 aliphatic rings. The summed E-state index contributed by atoms with van der Waals surface area (Å²) in [6.45, 7) is 2.11. The van der Waals surface area contributed by atoms with E-state index in [0.29, 0.717) is 11.7 Å². The first-order valence-electron chi connectivity index (χ1n) is 5.45. The van der Waals surface area contributed by atoms with Crippen molar-refractivity contribution in [3.63, 3.8) is 0 Å². The van der Waals surface area contributed by atoms with E-state index in [0.717, 1.165) is 12.8 Å². The molecular weight excluding hydrogens is 233 g/mol. The van der Waals surface area contributed by atoms with Crippen LogP contribution in [0.2, 0.25) is 0 Å². The average Bonchev–Trinajstić information content (AvgIpc) is 2.13. The minimum atomic E-state index is -4.66. The van der Waals surface area contributed by atoms with Crippen LogP contribution in [0.15, 0.2) is 24.3 Å². The van der Waals surface area contributed by atoms with Gasteiger partial charge < -0.3 is 9.47 Å². The lowest BCUT2D eigenvalue weighted by atomic mass is 9.84. The molecule has 1 aromatic carbocycles. The minimum absolute atomic E-state index is 0.117. The summed E-state index contributed by atoms with van der Waals surface area (Å²) < 4.78 is 45.3. The number of rotatable bonds is 3. The fourth-order valence-electron chi connectivity index (χ4n) is 1.86. The van der Waals surface area contributed by atoms with E-state index in [1.165, 1.54) is 18.2 Å². The summed E-state index contributed by atoms with van der Waals surface area (Å²) in [7, 11) is 0. The smallest absolute Gasteiger partial charge is 0.490 e. The van der Waals surface area contributed by atoms with E-state index in [-0.39, 0.29) is 11.9 Å². The third-order valence-corrected chi connectivity index (χ3v) is 2.67. The first-order valence-corrected chi connectivity index (χ1v) is 5.45. The lowest BCUT2D eigenvalue weighted by Crippen LogP contribution is -2.31. The number of alkyl halides is 3. The maximum Gasteiger partial charge on any atom is 0.573 e. The molecule has 5 heteroatoms. The first-order chi connectivity index (χ1) is 7.92. The Bertz CT molecular complexity index is 384. The maximum atomic E-state index is 12.0. The largest absolute Gasteiger partial charge is 0.573 e. The number of hydrogen-bond acceptors (Lipinski definition) is 2. The summed E-state index contributed by atoms with van der Waals surface area (Å²) in [5.41, 5.74) is 0. The molecule has 0 heterocycles. The molecule has 0 N–H and O–H groups in total. The predicted molar refractivity (Wildman–Crippen MR) is 55.9 cm³/mol. The molecule has 1 aromatic rings. The van der Waals surface area contributed by atoms with Gasteiger partial charge in [0.05, 0.1) is 6.10 Å².